The fraction of sp³-hybridized carbons (Fsp3) is 0.333. The number of carbonyl (C=O) groups is 1. The maximum Gasteiger partial charge on any atom is 0.222 e. The minimum Gasteiger partial charge on any atom is -0.497 e. The summed E-state index contributed by atoms with van der Waals surface area (Å²) >= 11 is 0. The lowest BCUT2D eigenvalue weighted by Gasteiger charge is -2.32. The van der Waals surface area contributed by atoms with Crippen LogP contribution in [0, 0.1) is 5.82 Å². The smallest absolute Gasteiger partial charge is 0.222 e. The zero-order valence-electron chi connectivity index (χ0n) is 18.5. The lowest BCUT2D eigenvalue weighted by Crippen LogP contribution is -2.39. The van der Waals surface area contributed by atoms with Crippen molar-refractivity contribution in [2.45, 2.75) is 38.0 Å². The number of carbonyl (C=O) groups excluding carboxylic acids is 1. The number of ether oxygens (including phenoxy) is 1. The van der Waals surface area contributed by atoms with Gasteiger partial charge in [-0.25, -0.2) is 4.39 Å². The lowest BCUT2D eigenvalue weighted by molar-refractivity contribution is -0.132. The van der Waals surface area contributed by atoms with E-state index in [4.69, 9.17) is 9.72 Å². The summed E-state index contributed by atoms with van der Waals surface area (Å²) in [7, 11) is 1.65. The number of rotatable bonds is 7. The topological polar surface area (TPSA) is 42.4 Å². The van der Waals surface area contributed by atoms with E-state index in [2.05, 4.69) is 0 Å². The third-order valence-corrected chi connectivity index (χ3v) is 6.08. The van der Waals surface area contributed by atoms with Crippen LogP contribution in [0.1, 0.15) is 47.7 Å². The van der Waals surface area contributed by atoms with E-state index in [9.17, 15) is 9.18 Å². The highest BCUT2D eigenvalue weighted by molar-refractivity contribution is 5.76. The number of benzene rings is 2. The fourth-order valence-corrected chi connectivity index (χ4v) is 4.33. The number of likely N-dealkylation sites (tertiary alicyclic amines) is 1. The largest absolute Gasteiger partial charge is 0.497 e. The van der Waals surface area contributed by atoms with Crippen LogP contribution in [-0.2, 0) is 17.6 Å². The Hall–Kier alpha value is -3.21. The summed E-state index contributed by atoms with van der Waals surface area (Å²) in [5.41, 5.74) is 4.00. The highest BCUT2D eigenvalue weighted by atomic mass is 19.1. The summed E-state index contributed by atoms with van der Waals surface area (Å²) in [5.74, 6) is 1.03. The molecule has 166 valence electrons. The predicted molar refractivity (Wildman–Crippen MR) is 123 cm³/mol. The Balaban J connectivity index is 1.36. The van der Waals surface area contributed by atoms with Crippen molar-refractivity contribution in [1.29, 1.82) is 0 Å². The van der Waals surface area contributed by atoms with Gasteiger partial charge in [-0.3, -0.25) is 9.78 Å². The molecule has 1 atom stereocenters. The summed E-state index contributed by atoms with van der Waals surface area (Å²) in [6, 6.07) is 20.6. The van der Waals surface area contributed by atoms with Crippen molar-refractivity contribution >= 4 is 5.91 Å². The summed E-state index contributed by atoms with van der Waals surface area (Å²) in [5, 5.41) is 0. The van der Waals surface area contributed by atoms with Crippen LogP contribution >= 0.6 is 0 Å². The average molecular weight is 433 g/mol. The Bertz CT molecular complexity index is 1050. The molecule has 0 spiro atoms. The van der Waals surface area contributed by atoms with E-state index in [0.717, 1.165) is 54.1 Å². The van der Waals surface area contributed by atoms with E-state index >= 15 is 0 Å². The number of piperidine rings is 1. The fourth-order valence-electron chi connectivity index (χ4n) is 4.33. The zero-order valence-corrected chi connectivity index (χ0v) is 18.5. The number of pyridine rings is 1. The van der Waals surface area contributed by atoms with E-state index in [1.165, 1.54) is 6.07 Å². The van der Waals surface area contributed by atoms with Crippen LogP contribution in [0.2, 0.25) is 0 Å². The number of aromatic nitrogens is 1. The molecule has 0 N–H and O–H groups in total. The first kappa shape index (κ1) is 22.0. The molecule has 1 aliphatic heterocycles. The molecule has 5 heteroatoms. The first-order valence-electron chi connectivity index (χ1n) is 11.2. The van der Waals surface area contributed by atoms with Gasteiger partial charge in [-0.2, -0.15) is 0 Å². The van der Waals surface area contributed by atoms with Crippen molar-refractivity contribution in [3.63, 3.8) is 0 Å². The van der Waals surface area contributed by atoms with Gasteiger partial charge in [-0.15, -0.1) is 0 Å². The number of halogens is 1. The third kappa shape index (κ3) is 5.72. The molecule has 4 nitrogen and oxygen atoms in total. The molecule has 2 aromatic carbocycles. The Kier molecular flexibility index (Phi) is 7.15. The number of aryl methyl sites for hydroxylation is 1. The first-order valence-corrected chi connectivity index (χ1v) is 11.2. The van der Waals surface area contributed by atoms with Crippen molar-refractivity contribution in [1.82, 2.24) is 9.88 Å². The van der Waals surface area contributed by atoms with Gasteiger partial charge in [0.25, 0.3) is 0 Å². The van der Waals surface area contributed by atoms with Gasteiger partial charge in [0, 0.05) is 43.2 Å². The van der Waals surface area contributed by atoms with Crippen LogP contribution in [0.25, 0.3) is 0 Å². The molecule has 0 saturated carbocycles. The van der Waals surface area contributed by atoms with Crippen LogP contribution in [0.3, 0.4) is 0 Å². The van der Waals surface area contributed by atoms with Crippen molar-refractivity contribution in [2.24, 2.45) is 0 Å². The van der Waals surface area contributed by atoms with Crippen molar-refractivity contribution < 1.29 is 13.9 Å². The highest BCUT2D eigenvalue weighted by Gasteiger charge is 2.25. The molecular formula is C27H29FN2O2. The normalized spacial score (nSPS) is 16.1. The number of hydrogen-bond donors (Lipinski definition) is 0. The predicted octanol–water partition coefficient (Wildman–Crippen LogP) is 5.16. The van der Waals surface area contributed by atoms with E-state index in [0.29, 0.717) is 19.4 Å². The average Bonchev–Trinajstić information content (AvgIpc) is 2.83. The van der Waals surface area contributed by atoms with Crippen LogP contribution in [0.15, 0.2) is 66.7 Å². The summed E-state index contributed by atoms with van der Waals surface area (Å²) < 4.78 is 18.7. The maximum absolute atomic E-state index is 13.5. The molecule has 0 bridgehead atoms. The molecule has 0 radical (unpaired) electrons. The molecule has 1 fully saturated rings. The molecule has 1 aliphatic rings. The lowest BCUT2D eigenvalue weighted by atomic mass is 9.93. The molecule has 1 amide bonds. The van der Waals surface area contributed by atoms with Crippen LogP contribution < -0.4 is 4.74 Å². The minimum atomic E-state index is -0.227. The van der Waals surface area contributed by atoms with E-state index in [-0.39, 0.29) is 17.6 Å². The molecule has 1 saturated heterocycles. The van der Waals surface area contributed by atoms with Crippen molar-refractivity contribution in [3.8, 4) is 5.75 Å². The quantitative estimate of drug-likeness (QED) is 0.518. The molecule has 0 aliphatic carbocycles. The van der Waals surface area contributed by atoms with Gasteiger partial charge in [0.2, 0.25) is 5.91 Å². The number of methoxy groups -OCH3 is 1. The standard InChI is InChI=1S/C27H29FN2O2/c1-32-25-13-10-20(11-14-25)12-15-27(31)30-16-4-6-22(19-30)26-9-3-8-24(29-26)18-21-5-2-7-23(28)17-21/h2-3,5,7-11,13-14,17,22H,4,6,12,15-16,18-19H2,1H3. The Morgan fingerprint density at radius 3 is 2.69 bits per heavy atom. The Morgan fingerprint density at radius 1 is 1.09 bits per heavy atom. The van der Waals surface area contributed by atoms with Gasteiger partial charge in [0.1, 0.15) is 11.6 Å². The third-order valence-electron chi connectivity index (χ3n) is 6.08. The Morgan fingerprint density at radius 2 is 1.91 bits per heavy atom. The summed E-state index contributed by atoms with van der Waals surface area (Å²) in [6.07, 6.45) is 3.84. The summed E-state index contributed by atoms with van der Waals surface area (Å²) in [4.78, 5) is 19.7. The second kappa shape index (κ2) is 10.4. The van der Waals surface area contributed by atoms with Crippen molar-refractivity contribution in [2.75, 3.05) is 20.2 Å². The SMILES string of the molecule is COc1ccc(CCC(=O)N2CCCC(c3cccc(Cc4cccc(F)c4)n3)C2)cc1. The van der Waals surface area contributed by atoms with Gasteiger partial charge in [0.15, 0.2) is 0 Å². The van der Waals surface area contributed by atoms with E-state index in [1.54, 1.807) is 19.2 Å². The van der Waals surface area contributed by atoms with Crippen LogP contribution in [0.4, 0.5) is 4.39 Å². The highest BCUT2D eigenvalue weighted by Crippen LogP contribution is 2.27. The van der Waals surface area contributed by atoms with Crippen LogP contribution in [-0.4, -0.2) is 36.0 Å². The molecule has 4 rings (SSSR count). The first-order chi connectivity index (χ1) is 15.6. The molecule has 2 heterocycles. The molecule has 1 unspecified atom stereocenters. The van der Waals surface area contributed by atoms with Gasteiger partial charge in [0.05, 0.1) is 7.11 Å². The van der Waals surface area contributed by atoms with E-state index < -0.39 is 0 Å². The summed E-state index contributed by atoms with van der Waals surface area (Å²) in [6.45, 7) is 1.51. The van der Waals surface area contributed by atoms with Crippen LogP contribution in [0.5, 0.6) is 5.75 Å². The number of hydrogen-bond acceptors (Lipinski definition) is 3. The van der Waals surface area contributed by atoms with Gasteiger partial charge in [-0.1, -0.05) is 30.3 Å². The molecule has 1 aromatic heterocycles. The van der Waals surface area contributed by atoms with Gasteiger partial charge in [-0.05, 0) is 66.8 Å². The molecule has 32 heavy (non-hydrogen) atoms. The number of nitrogens with zero attached hydrogens (tertiary/aromatic N) is 2. The Labute approximate surface area is 189 Å². The number of amides is 1. The monoisotopic (exact) mass is 432 g/mol. The zero-order chi connectivity index (χ0) is 22.3. The maximum atomic E-state index is 13.5. The second-order valence-corrected chi connectivity index (χ2v) is 8.39. The van der Waals surface area contributed by atoms with Gasteiger partial charge >= 0.3 is 0 Å². The van der Waals surface area contributed by atoms with E-state index in [1.807, 2.05) is 53.4 Å². The second-order valence-electron chi connectivity index (χ2n) is 8.39. The molecule has 3 aromatic rings. The van der Waals surface area contributed by atoms with Gasteiger partial charge < -0.3 is 9.64 Å². The minimum absolute atomic E-state index is 0.196. The van der Waals surface area contributed by atoms with Crippen molar-refractivity contribution in [3.05, 3.63) is 95.1 Å². The molecular weight excluding hydrogens is 403 g/mol.